The zero-order valence-corrected chi connectivity index (χ0v) is 6.16. The summed E-state index contributed by atoms with van der Waals surface area (Å²) in [7, 11) is 0. The van der Waals surface area contributed by atoms with E-state index in [0.29, 0.717) is 5.69 Å². The van der Waals surface area contributed by atoms with E-state index >= 15 is 0 Å². The van der Waals surface area contributed by atoms with E-state index in [0.717, 1.165) is 5.56 Å². The molecule has 0 aliphatic heterocycles. The Balaban J connectivity index is 2.86. The first-order valence-corrected chi connectivity index (χ1v) is 3.26. The summed E-state index contributed by atoms with van der Waals surface area (Å²) in [6.07, 6.45) is -1.03. The maximum absolute atomic E-state index is 10.2. The summed E-state index contributed by atoms with van der Waals surface area (Å²) in [6.45, 7) is 1.85. The molecule has 0 spiro atoms. The number of nitrogens with one attached hydrogen (secondary N) is 1. The van der Waals surface area contributed by atoms with Crippen LogP contribution in [-0.2, 0) is 0 Å². The molecule has 1 amide bonds. The minimum absolute atomic E-state index is 0.639. The number of anilines is 1. The van der Waals surface area contributed by atoms with Crippen molar-refractivity contribution in [2.45, 2.75) is 6.92 Å². The smallest absolute Gasteiger partial charge is 0.409 e. The highest BCUT2D eigenvalue weighted by Crippen LogP contribution is 2.12. The summed E-state index contributed by atoms with van der Waals surface area (Å²) in [6, 6.07) is 7.23. The van der Waals surface area contributed by atoms with E-state index in [2.05, 4.69) is 5.32 Å². The Morgan fingerprint density at radius 1 is 1.45 bits per heavy atom. The summed E-state index contributed by atoms with van der Waals surface area (Å²) < 4.78 is 0. The van der Waals surface area contributed by atoms with Gasteiger partial charge in [0.1, 0.15) is 0 Å². The van der Waals surface area contributed by atoms with Crippen LogP contribution in [-0.4, -0.2) is 11.2 Å². The van der Waals surface area contributed by atoms with Crippen LogP contribution in [0.15, 0.2) is 24.3 Å². The molecule has 1 aromatic carbocycles. The van der Waals surface area contributed by atoms with Crippen LogP contribution < -0.4 is 5.32 Å². The molecule has 0 saturated heterocycles. The molecule has 1 aromatic rings. The Kier molecular flexibility index (Phi) is 2.11. The van der Waals surface area contributed by atoms with Crippen molar-refractivity contribution in [3.8, 4) is 0 Å². The van der Waals surface area contributed by atoms with Gasteiger partial charge in [0.25, 0.3) is 0 Å². The fraction of sp³-hybridized carbons (Fsp3) is 0.125. The highest BCUT2D eigenvalue weighted by Gasteiger charge is 1.98. The number of para-hydroxylation sites is 1. The third kappa shape index (κ3) is 1.97. The monoisotopic (exact) mass is 151 g/mol. The molecule has 0 saturated carbocycles. The number of hydrogen-bond acceptors (Lipinski definition) is 1. The van der Waals surface area contributed by atoms with E-state index < -0.39 is 6.09 Å². The molecular weight excluding hydrogens is 142 g/mol. The molecule has 0 heterocycles. The third-order valence-electron chi connectivity index (χ3n) is 1.39. The average molecular weight is 151 g/mol. The van der Waals surface area contributed by atoms with Gasteiger partial charge in [-0.05, 0) is 18.6 Å². The topological polar surface area (TPSA) is 49.3 Å². The number of aryl methyl sites for hydroxylation is 1. The maximum atomic E-state index is 10.2. The minimum Gasteiger partial charge on any atom is -0.465 e. The van der Waals surface area contributed by atoms with Crippen LogP contribution in [0.25, 0.3) is 0 Å². The van der Waals surface area contributed by atoms with Crippen molar-refractivity contribution < 1.29 is 9.90 Å². The van der Waals surface area contributed by atoms with E-state index in [1.54, 1.807) is 12.1 Å². The molecule has 0 unspecified atom stereocenters. The standard InChI is InChI=1S/C8H9NO2/c1-6-4-2-3-5-7(6)9-8(10)11/h2-5,9H,1H3,(H,10,11). The first-order chi connectivity index (χ1) is 5.20. The van der Waals surface area contributed by atoms with Gasteiger partial charge >= 0.3 is 6.09 Å². The predicted molar refractivity (Wildman–Crippen MR) is 42.8 cm³/mol. The van der Waals surface area contributed by atoms with Gasteiger partial charge in [-0.25, -0.2) is 4.79 Å². The number of benzene rings is 1. The van der Waals surface area contributed by atoms with E-state index in [1.165, 1.54) is 0 Å². The van der Waals surface area contributed by atoms with Gasteiger partial charge in [-0.15, -0.1) is 0 Å². The minimum atomic E-state index is -1.03. The molecule has 58 valence electrons. The fourth-order valence-corrected chi connectivity index (χ4v) is 0.828. The quantitative estimate of drug-likeness (QED) is 0.645. The zero-order chi connectivity index (χ0) is 8.27. The molecule has 0 aliphatic rings. The number of carbonyl (C=O) groups is 1. The van der Waals surface area contributed by atoms with E-state index in [-0.39, 0.29) is 0 Å². The molecule has 11 heavy (non-hydrogen) atoms. The molecule has 1 rings (SSSR count). The van der Waals surface area contributed by atoms with E-state index in [4.69, 9.17) is 5.11 Å². The van der Waals surface area contributed by atoms with E-state index in [1.807, 2.05) is 19.1 Å². The number of amides is 1. The maximum Gasteiger partial charge on any atom is 0.409 e. The van der Waals surface area contributed by atoms with Gasteiger partial charge in [-0.2, -0.15) is 0 Å². The molecule has 0 fully saturated rings. The summed E-state index contributed by atoms with van der Waals surface area (Å²) in [5, 5.41) is 10.7. The number of rotatable bonds is 1. The molecular formula is C8H9NO2. The molecule has 3 heteroatoms. The Hall–Kier alpha value is -1.51. The summed E-state index contributed by atoms with van der Waals surface area (Å²) in [5.74, 6) is 0. The Morgan fingerprint density at radius 2 is 2.09 bits per heavy atom. The largest absolute Gasteiger partial charge is 0.465 e. The third-order valence-corrected chi connectivity index (χ3v) is 1.39. The molecule has 2 N–H and O–H groups in total. The molecule has 3 nitrogen and oxygen atoms in total. The van der Waals surface area contributed by atoms with Crippen LogP contribution in [0.5, 0.6) is 0 Å². The summed E-state index contributed by atoms with van der Waals surface area (Å²) in [5.41, 5.74) is 1.56. The predicted octanol–water partition coefficient (Wildman–Crippen LogP) is 2.08. The average Bonchev–Trinajstić information content (AvgIpc) is 1.93. The lowest BCUT2D eigenvalue weighted by Crippen LogP contribution is -2.07. The van der Waals surface area contributed by atoms with Crippen LogP contribution in [0.4, 0.5) is 10.5 Å². The lowest BCUT2D eigenvalue weighted by atomic mass is 10.2. The van der Waals surface area contributed by atoms with Gasteiger partial charge < -0.3 is 5.11 Å². The number of carboxylic acid groups (broad SMARTS) is 1. The van der Waals surface area contributed by atoms with Crippen molar-refractivity contribution in [3.63, 3.8) is 0 Å². The van der Waals surface area contributed by atoms with Crippen molar-refractivity contribution in [1.29, 1.82) is 0 Å². The summed E-state index contributed by atoms with van der Waals surface area (Å²) >= 11 is 0. The highest BCUT2D eigenvalue weighted by molar-refractivity contribution is 5.83. The van der Waals surface area contributed by atoms with Crippen LogP contribution >= 0.6 is 0 Å². The molecule has 0 aromatic heterocycles. The van der Waals surface area contributed by atoms with Gasteiger partial charge in [0.2, 0.25) is 0 Å². The van der Waals surface area contributed by atoms with E-state index in [9.17, 15) is 4.79 Å². The molecule has 0 atom stereocenters. The normalized spacial score (nSPS) is 9.18. The first-order valence-electron chi connectivity index (χ1n) is 3.26. The fourth-order valence-electron chi connectivity index (χ4n) is 0.828. The lowest BCUT2D eigenvalue weighted by Gasteiger charge is -2.02. The van der Waals surface area contributed by atoms with Crippen LogP contribution in [0, 0.1) is 6.92 Å². The molecule has 0 radical (unpaired) electrons. The van der Waals surface area contributed by atoms with Crippen molar-refractivity contribution >= 4 is 11.8 Å². The molecule has 0 bridgehead atoms. The van der Waals surface area contributed by atoms with Crippen molar-refractivity contribution in [2.75, 3.05) is 5.32 Å². The van der Waals surface area contributed by atoms with Crippen molar-refractivity contribution in [2.24, 2.45) is 0 Å². The van der Waals surface area contributed by atoms with Crippen LogP contribution in [0.1, 0.15) is 5.56 Å². The van der Waals surface area contributed by atoms with Gasteiger partial charge in [0, 0.05) is 5.69 Å². The molecule has 0 aliphatic carbocycles. The lowest BCUT2D eigenvalue weighted by molar-refractivity contribution is 0.209. The summed E-state index contributed by atoms with van der Waals surface area (Å²) in [4.78, 5) is 10.2. The second-order valence-corrected chi connectivity index (χ2v) is 2.25. The van der Waals surface area contributed by atoms with Crippen LogP contribution in [0.3, 0.4) is 0 Å². The van der Waals surface area contributed by atoms with Gasteiger partial charge in [-0.3, -0.25) is 5.32 Å². The number of hydrogen-bond donors (Lipinski definition) is 2. The second kappa shape index (κ2) is 3.05. The van der Waals surface area contributed by atoms with Crippen molar-refractivity contribution in [3.05, 3.63) is 29.8 Å². The second-order valence-electron chi connectivity index (χ2n) is 2.25. The van der Waals surface area contributed by atoms with Gasteiger partial charge in [0.15, 0.2) is 0 Å². The SMILES string of the molecule is Cc1ccccc1NC(=O)O. The zero-order valence-electron chi connectivity index (χ0n) is 6.16. The highest BCUT2D eigenvalue weighted by atomic mass is 16.4. The first kappa shape index (κ1) is 7.60. The van der Waals surface area contributed by atoms with Crippen LogP contribution in [0.2, 0.25) is 0 Å². The Morgan fingerprint density at radius 3 is 2.64 bits per heavy atom. The Bertz CT molecular complexity index is 271. The van der Waals surface area contributed by atoms with Crippen molar-refractivity contribution in [1.82, 2.24) is 0 Å². The van der Waals surface area contributed by atoms with Gasteiger partial charge in [-0.1, -0.05) is 18.2 Å². The Labute approximate surface area is 64.7 Å². The van der Waals surface area contributed by atoms with Gasteiger partial charge in [0.05, 0.1) is 0 Å².